The molecule has 0 amide bonds. The fourth-order valence-corrected chi connectivity index (χ4v) is 4.06. The topological polar surface area (TPSA) is 56.5 Å². The maximum atomic E-state index is 12.5. The summed E-state index contributed by atoms with van der Waals surface area (Å²) in [5, 5.41) is 0.835. The molecule has 1 fully saturated rings. The minimum absolute atomic E-state index is 0.0287. The van der Waals surface area contributed by atoms with Gasteiger partial charge in [-0.15, -0.1) is 0 Å². The molecule has 27 heavy (non-hydrogen) atoms. The van der Waals surface area contributed by atoms with Gasteiger partial charge in [-0.1, -0.05) is 20.8 Å². The molecule has 1 aliphatic carbocycles. The maximum Gasteiger partial charge on any atom is 0.336 e. The number of hydrogen-bond acceptors (Lipinski definition) is 4. The Bertz CT molecular complexity index is 893. The van der Waals surface area contributed by atoms with E-state index >= 15 is 0 Å². The number of rotatable bonds is 3. The second-order valence-electron chi connectivity index (χ2n) is 9.05. The van der Waals surface area contributed by atoms with Crippen molar-refractivity contribution in [3.8, 4) is 0 Å². The van der Waals surface area contributed by atoms with Gasteiger partial charge in [0.25, 0.3) is 0 Å². The zero-order chi connectivity index (χ0) is 19.8. The highest BCUT2D eigenvalue weighted by Gasteiger charge is 2.33. The summed E-state index contributed by atoms with van der Waals surface area (Å²) in [7, 11) is 0. The van der Waals surface area contributed by atoms with E-state index in [1.54, 1.807) is 0 Å². The summed E-state index contributed by atoms with van der Waals surface area (Å²) in [6, 6.07) is 5.29. The van der Waals surface area contributed by atoms with Crippen LogP contribution in [-0.4, -0.2) is 5.97 Å². The van der Waals surface area contributed by atoms with Crippen molar-refractivity contribution >= 4 is 16.9 Å². The minimum Gasteiger partial charge on any atom is -0.461 e. The molecule has 146 valence electrons. The van der Waals surface area contributed by atoms with Crippen LogP contribution >= 0.6 is 0 Å². The summed E-state index contributed by atoms with van der Waals surface area (Å²) in [5.41, 5.74) is 3.31. The molecule has 1 saturated carbocycles. The first-order valence-electron chi connectivity index (χ1n) is 9.86. The van der Waals surface area contributed by atoms with E-state index in [-0.39, 0.29) is 18.5 Å². The molecular formula is C23H30O4. The van der Waals surface area contributed by atoms with Crippen LogP contribution in [0.15, 0.2) is 27.4 Å². The minimum atomic E-state index is -0.414. The Kier molecular flexibility index (Phi) is 5.45. The van der Waals surface area contributed by atoms with Crippen LogP contribution in [0.3, 0.4) is 0 Å². The second-order valence-corrected chi connectivity index (χ2v) is 9.05. The van der Waals surface area contributed by atoms with Gasteiger partial charge in [0, 0.05) is 17.0 Å². The van der Waals surface area contributed by atoms with Gasteiger partial charge < -0.3 is 9.15 Å². The van der Waals surface area contributed by atoms with Crippen LogP contribution < -0.4 is 5.63 Å². The van der Waals surface area contributed by atoms with E-state index in [0.717, 1.165) is 42.2 Å². The average molecular weight is 370 g/mol. The second kappa shape index (κ2) is 7.49. The fourth-order valence-electron chi connectivity index (χ4n) is 4.06. The fraction of sp³-hybridized carbons (Fsp3) is 0.565. The highest BCUT2D eigenvalue weighted by atomic mass is 16.5. The molecule has 1 aromatic heterocycles. The van der Waals surface area contributed by atoms with Gasteiger partial charge in [0.2, 0.25) is 0 Å². The van der Waals surface area contributed by atoms with E-state index < -0.39 is 5.63 Å². The van der Waals surface area contributed by atoms with Crippen molar-refractivity contribution in [1.82, 2.24) is 0 Å². The maximum absolute atomic E-state index is 12.5. The normalized spacial score (nSPS) is 20.6. The number of carbonyl (C=O) groups excluding carboxylic acids is 1. The lowest BCUT2D eigenvalue weighted by Crippen LogP contribution is -2.29. The highest BCUT2D eigenvalue weighted by molar-refractivity contribution is 5.82. The Morgan fingerprint density at radius 3 is 2.33 bits per heavy atom. The molecule has 2 aromatic rings. The monoisotopic (exact) mass is 370 g/mol. The molecule has 0 spiro atoms. The lowest BCUT2D eigenvalue weighted by molar-refractivity contribution is -0.151. The summed E-state index contributed by atoms with van der Waals surface area (Å²) >= 11 is 0. The van der Waals surface area contributed by atoms with Crippen LogP contribution in [0, 0.1) is 31.1 Å². The number of aryl methyl sites for hydroxylation is 2. The van der Waals surface area contributed by atoms with Crippen LogP contribution in [0.1, 0.15) is 63.1 Å². The summed E-state index contributed by atoms with van der Waals surface area (Å²) < 4.78 is 10.9. The van der Waals surface area contributed by atoms with Crippen molar-refractivity contribution in [1.29, 1.82) is 0 Å². The van der Waals surface area contributed by atoms with Gasteiger partial charge in [0.05, 0.1) is 5.92 Å². The lowest BCUT2D eigenvalue weighted by Gasteiger charge is -2.36. The van der Waals surface area contributed by atoms with Gasteiger partial charge in [-0.05, 0) is 74.1 Å². The van der Waals surface area contributed by atoms with E-state index in [4.69, 9.17) is 9.15 Å². The SMILES string of the molecule is Cc1cc2oc(=O)cc(COC(=O)C3CCC(C(C)(C)C)CC3)c2cc1C. The van der Waals surface area contributed by atoms with Crippen LogP contribution in [0.2, 0.25) is 0 Å². The molecule has 0 aliphatic heterocycles. The first kappa shape index (κ1) is 19.7. The van der Waals surface area contributed by atoms with E-state index in [9.17, 15) is 9.59 Å². The van der Waals surface area contributed by atoms with Crippen LogP contribution in [-0.2, 0) is 16.1 Å². The third-order valence-corrected chi connectivity index (χ3v) is 6.10. The number of ether oxygens (including phenoxy) is 1. The van der Waals surface area contributed by atoms with Crippen LogP contribution in [0.25, 0.3) is 11.0 Å². The molecule has 0 N–H and O–H groups in total. The van der Waals surface area contributed by atoms with Gasteiger partial charge in [-0.25, -0.2) is 4.79 Å². The van der Waals surface area contributed by atoms with Crippen molar-refractivity contribution in [2.24, 2.45) is 17.3 Å². The first-order valence-corrected chi connectivity index (χ1v) is 9.86. The Hall–Kier alpha value is -2.10. The van der Waals surface area contributed by atoms with Crippen molar-refractivity contribution in [3.63, 3.8) is 0 Å². The third-order valence-electron chi connectivity index (χ3n) is 6.10. The van der Waals surface area contributed by atoms with Crippen molar-refractivity contribution in [2.75, 3.05) is 0 Å². The van der Waals surface area contributed by atoms with Crippen molar-refractivity contribution in [2.45, 2.75) is 66.9 Å². The van der Waals surface area contributed by atoms with Gasteiger partial charge in [-0.2, -0.15) is 0 Å². The van der Waals surface area contributed by atoms with Crippen LogP contribution in [0.4, 0.5) is 0 Å². The standard InChI is InChI=1S/C23H30O4/c1-14-10-19-17(12-21(24)27-20(19)11-15(14)2)13-26-22(25)16-6-8-18(9-7-16)23(3,4)5/h10-12,16,18H,6-9,13H2,1-5H3. The van der Waals surface area contributed by atoms with E-state index in [1.807, 2.05) is 26.0 Å². The highest BCUT2D eigenvalue weighted by Crippen LogP contribution is 2.40. The molecule has 0 saturated heterocycles. The molecule has 0 bridgehead atoms. The number of hydrogen-bond donors (Lipinski definition) is 0. The summed E-state index contributed by atoms with van der Waals surface area (Å²) in [6.07, 6.45) is 3.91. The number of benzene rings is 1. The van der Waals surface area contributed by atoms with Crippen molar-refractivity contribution < 1.29 is 13.9 Å². The van der Waals surface area contributed by atoms with Gasteiger partial charge in [0.15, 0.2) is 0 Å². The molecule has 4 nitrogen and oxygen atoms in total. The molecule has 4 heteroatoms. The smallest absolute Gasteiger partial charge is 0.336 e. The Morgan fingerprint density at radius 1 is 1.07 bits per heavy atom. The Labute approximate surface area is 160 Å². The molecule has 0 radical (unpaired) electrons. The quantitative estimate of drug-likeness (QED) is 0.543. The average Bonchev–Trinajstić information content (AvgIpc) is 2.60. The van der Waals surface area contributed by atoms with E-state index in [1.165, 1.54) is 6.07 Å². The zero-order valence-electron chi connectivity index (χ0n) is 17.1. The molecule has 1 aliphatic rings. The number of fused-ring (bicyclic) bond motifs is 1. The molecule has 0 unspecified atom stereocenters. The molecule has 1 aromatic carbocycles. The van der Waals surface area contributed by atoms with Gasteiger partial charge in [0.1, 0.15) is 12.2 Å². The van der Waals surface area contributed by atoms with Crippen molar-refractivity contribution in [3.05, 3.63) is 45.3 Å². The lowest BCUT2D eigenvalue weighted by atomic mass is 9.70. The van der Waals surface area contributed by atoms with Gasteiger partial charge in [-0.3, -0.25) is 4.79 Å². The van der Waals surface area contributed by atoms with Crippen LogP contribution in [0.5, 0.6) is 0 Å². The van der Waals surface area contributed by atoms with E-state index in [2.05, 4.69) is 20.8 Å². The molecular weight excluding hydrogens is 340 g/mol. The molecule has 1 heterocycles. The number of carbonyl (C=O) groups is 1. The Morgan fingerprint density at radius 2 is 1.70 bits per heavy atom. The summed E-state index contributed by atoms with van der Waals surface area (Å²) in [4.78, 5) is 24.4. The predicted molar refractivity (Wildman–Crippen MR) is 107 cm³/mol. The van der Waals surface area contributed by atoms with E-state index in [0.29, 0.717) is 22.5 Å². The summed E-state index contributed by atoms with van der Waals surface area (Å²) in [5.74, 6) is 0.488. The Balaban J connectivity index is 1.69. The largest absolute Gasteiger partial charge is 0.461 e. The number of esters is 1. The summed E-state index contributed by atoms with van der Waals surface area (Å²) in [6.45, 7) is 10.9. The van der Waals surface area contributed by atoms with Gasteiger partial charge >= 0.3 is 11.6 Å². The first-order chi connectivity index (χ1) is 12.6. The third kappa shape index (κ3) is 4.42. The zero-order valence-corrected chi connectivity index (χ0v) is 17.1. The molecule has 3 rings (SSSR count). The predicted octanol–water partition coefficient (Wildman–Crippen LogP) is 5.31. The molecule has 0 atom stereocenters.